The molecule has 0 aliphatic rings. The molecule has 0 spiro atoms. The Labute approximate surface area is 105 Å². The molecule has 0 atom stereocenters. The summed E-state index contributed by atoms with van der Waals surface area (Å²) in [6.45, 7) is 2.32. The van der Waals surface area contributed by atoms with Gasteiger partial charge in [-0.1, -0.05) is 12.1 Å². The first kappa shape index (κ1) is 12.7. The topological polar surface area (TPSA) is 12.0 Å². The summed E-state index contributed by atoms with van der Waals surface area (Å²) in [7, 11) is 1.77. The summed E-state index contributed by atoms with van der Waals surface area (Å²) < 4.78 is 26.6. The second-order valence-electron chi connectivity index (χ2n) is 4.30. The molecular weight excluding hydrogens is 232 g/mol. The number of benzene rings is 2. The quantitative estimate of drug-likeness (QED) is 0.872. The van der Waals surface area contributed by atoms with Crippen molar-refractivity contribution in [1.29, 1.82) is 0 Å². The molecule has 1 N–H and O–H groups in total. The van der Waals surface area contributed by atoms with E-state index < -0.39 is 0 Å². The number of hydrogen-bond acceptors (Lipinski definition) is 1. The van der Waals surface area contributed by atoms with E-state index in [9.17, 15) is 8.78 Å². The van der Waals surface area contributed by atoms with E-state index in [0.717, 1.165) is 16.7 Å². The maximum atomic E-state index is 13.5. The first-order valence-electron chi connectivity index (χ1n) is 5.81. The smallest absolute Gasteiger partial charge is 0.127 e. The third kappa shape index (κ3) is 2.57. The van der Waals surface area contributed by atoms with Crippen LogP contribution in [-0.4, -0.2) is 7.05 Å². The standard InChI is InChI=1S/C15H15F2N/c1-10-7-13(16)4-5-14(10)11-3-6-15(17)12(8-11)9-18-2/h3-8,18H,9H2,1-2H3. The molecule has 0 saturated heterocycles. The van der Waals surface area contributed by atoms with Crippen molar-refractivity contribution < 1.29 is 8.78 Å². The zero-order chi connectivity index (χ0) is 13.1. The van der Waals surface area contributed by atoms with Crippen LogP contribution in [0.1, 0.15) is 11.1 Å². The van der Waals surface area contributed by atoms with E-state index in [1.807, 2.05) is 6.92 Å². The minimum Gasteiger partial charge on any atom is -0.316 e. The number of aryl methyl sites for hydroxylation is 1. The van der Waals surface area contributed by atoms with Crippen LogP contribution in [-0.2, 0) is 6.54 Å². The van der Waals surface area contributed by atoms with Crippen molar-refractivity contribution in [2.45, 2.75) is 13.5 Å². The molecule has 0 bridgehead atoms. The van der Waals surface area contributed by atoms with Crippen molar-refractivity contribution in [2.24, 2.45) is 0 Å². The minimum absolute atomic E-state index is 0.229. The molecule has 0 aliphatic heterocycles. The highest BCUT2D eigenvalue weighted by Gasteiger charge is 2.07. The van der Waals surface area contributed by atoms with Crippen LogP contribution in [0.3, 0.4) is 0 Å². The monoisotopic (exact) mass is 247 g/mol. The summed E-state index contributed by atoms with van der Waals surface area (Å²) in [6, 6.07) is 9.59. The largest absolute Gasteiger partial charge is 0.316 e. The second kappa shape index (κ2) is 5.27. The zero-order valence-corrected chi connectivity index (χ0v) is 10.4. The van der Waals surface area contributed by atoms with Crippen molar-refractivity contribution in [1.82, 2.24) is 5.32 Å². The predicted octanol–water partition coefficient (Wildman–Crippen LogP) is 3.66. The summed E-state index contributed by atoms with van der Waals surface area (Å²) in [4.78, 5) is 0. The Kier molecular flexibility index (Phi) is 3.72. The first-order valence-corrected chi connectivity index (χ1v) is 5.81. The molecule has 0 heterocycles. The molecule has 0 amide bonds. The second-order valence-corrected chi connectivity index (χ2v) is 4.30. The van der Waals surface area contributed by atoms with Crippen molar-refractivity contribution >= 4 is 0 Å². The van der Waals surface area contributed by atoms with Crippen molar-refractivity contribution in [3.05, 3.63) is 59.2 Å². The van der Waals surface area contributed by atoms with Gasteiger partial charge in [0.05, 0.1) is 0 Å². The fraction of sp³-hybridized carbons (Fsp3) is 0.200. The molecule has 0 aliphatic carbocycles. The zero-order valence-electron chi connectivity index (χ0n) is 10.4. The van der Waals surface area contributed by atoms with E-state index in [2.05, 4.69) is 5.32 Å². The fourth-order valence-electron chi connectivity index (χ4n) is 2.02. The van der Waals surface area contributed by atoms with Crippen LogP contribution in [0.4, 0.5) is 8.78 Å². The van der Waals surface area contributed by atoms with Gasteiger partial charge in [0.2, 0.25) is 0 Å². The van der Waals surface area contributed by atoms with Gasteiger partial charge < -0.3 is 5.32 Å². The van der Waals surface area contributed by atoms with Crippen LogP contribution in [0, 0.1) is 18.6 Å². The molecule has 0 unspecified atom stereocenters. The lowest BCUT2D eigenvalue weighted by Crippen LogP contribution is -2.07. The fourth-order valence-corrected chi connectivity index (χ4v) is 2.02. The van der Waals surface area contributed by atoms with E-state index in [4.69, 9.17) is 0 Å². The van der Waals surface area contributed by atoms with Crippen molar-refractivity contribution in [3.63, 3.8) is 0 Å². The summed E-state index contributed by atoms with van der Waals surface area (Å²) in [6.07, 6.45) is 0. The number of nitrogens with one attached hydrogen (secondary N) is 1. The lowest BCUT2D eigenvalue weighted by Gasteiger charge is -2.09. The maximum absolute atomic E-state index is 13.5. The van der Waals surface area contributed by atoms with Crippen LogP contribution in [0.15, 0.2) is 36.4 Å². The van der Waals surface area contributed by atoms with Gasteiger partial charge >= 0.3 is 0 Å². The van der Waals surface area contributed by atoms with Gasteiger partial charge in [0.25, 0.3) is 0 Å². The minimum atomic E-state index is -0.256. The first-order chi connectivity index (χ1) is 8.61. The molecule has 0 saturated carbocycles. The number of rotatable bonds is 3. The summed E-state index contributed by atoms with van der Waals surface area (Å²) >= 11 is 0. The van der Waals surface area contributed by atoms with E-state index in [1.165, 1.54) is 18.2 Å². The third-order valence-electron chi connectivity index (χ3n) is 2.91. The Morgan fingerprint density at radius 1 is 1.06 bits per heavy atom. The molecule has 1 nitrogen and oxygen atoms in total. The number of halogens is 2. The highest BCUT2D eigenvalue weighted by Crippen LogP contribution is 2.25. The summed E-state index contributed by atoms with van der Waals surface area (Å²) in [5, 5.41) is 2.93. The number of hydrogen-bond donors (Lipinski definition) is 1. The molecular formula is C15H15F2N. The lowest BCUT2D eigenvalue weighted by molar-refractivity contribution is 0.601. The third-order valence-corrected chi connectivity index (χ3v) is 2.91. The summed E-state index contributed by atoms with van der Waals surface area (Å²) in [5.74, 6) is -0.485. The van der Waals surface area contributed by atoms with Crippen LogP contribution in [0.25, 0.3) is 11.1 Å². The Morgan fingerprint density at radius 2 is 1.83 bits per heavy atom. The van der Waals surface area contributed by atoms with Gasteiger partial charge in [-0.2, -0.15) is 0 Å². The average Bonchev–Trinajstić information content (AvgIpc) is 2.33. The van der Waals surface area contributed by atoms with Gasteiger partial charge in [-0.3, -0.25) is 0 Å². The van der Waals surface area contributed by atoms with E-state index in [1.54, 1.807) is 25.2 Å². The maximum Gasteiger partial charge on any atom is 0.127 e. The predicted molar refractivity (Wildman–Crippen MR) is 69.3 cm³/mol. The normalized spacial score (nSPS) is 10.7. The molecule has 94 valence electrons. The van der Waals surface area contributed by atoms with Gasteiger partial charge in [0.1, 0.15) is 11.6 Å². The molecule has 0 aromatic heterocycles. The lowest BCUT2D eigenvalue weighted by atomic mass is 9.98. The Morgan fingerprint density at radius 3 is 2.50 bits per heavy atom. The molecule has 0 fully saturated rings. The highest BCUT2D eigenvalue weighted by molar-refractivity contribution is 5.67. The summed E-state index contributed by atoms with van der Waals surface area (Å²) in [5.41, 5.74) is 3.28. The average molecular weight is 247 g/mol. The van der Waals surface area contributed by atoms with Gasteiger partial charge in [0, 0.05) is 12.1 Å². The van der Waals surface area contributed by atoms with Crippen molar-refractivity contribution in [2.75, 3.05) is 7.05 Å². The van der Waals surface area contributed by atoms with Gasteiger partial charge in [-0.05, 0) is 54.9 Å². The molecule has 0 radical (unpaired) electrons. The van der Waals surface area contributed by atoms with Crippen LogP contribution >= 0.6 is 0 Å². The van der Waals surface area contributed by atoms with E-state index >= 15 is 0 Å². The highest BCUT2D eigenvalue weighted by atomic mass is 19.1. The molecule has 3 heteroatoms. The van der Waals surface area contributed by atoms with Crippen LogP contribution < -0.4 is 5.32 Å². The molecule has 2 aromatic rings. The molecule has 2 rings (SSSR count). The van der Waals surface area contributed by atoms with Crippen LogP contribution in [0.5, 0.6) is 0 Å². The molecule has 18 heavy (non-hydrogen) atoms. The van der Waals surface area contributed by atoms with Gasteiger partial charge in [-0.15, -0.1) is 0 Å². The Bertz CT molecular complexity index is 564. The Hall–Kier alpha value is -1.74. The van der Waals surface area contributed by atoms with Crippen LogP contribution in [0.2, 0.25) is 0 Å². The Balaban J connectivity index is 2.47. The van der Waals surface area contributed by atoms with E-state index in [0.29, 0.717) is 12.1 Å². The van der Waals surface area contributed by atoms with Gasteiger partial charge in [0.15, 0.2) is 0 Å². The molecule has 2 aromatic carbocycles. The SMILES string of the molecule is CNCc1cc(-c2ccc(F)cc2C)ccc1F. The van der Waals surface area contributed by atoms with E-state index in [-0.39, 0.29) is 11.6 Å². The van der Waals surface area contributed by atoms with Gasteiger partial charge in [-0.25, -0.2) is 8.78 Å². The van der Waals surface area contributed by atoms with Crippen molar-refractivity contribution in [3.8, 4) is 11.1 Å².